The van der Waals surface area contributed by atoms with Crippen LogP contribution in [0.4, 0.5) is 4.39 Å². The van der Waals surface area contributed by atoms with Crippen molar-refractivity contribution in [2.24, 2.45) is 0 Å². The minimum Gasteiger partial charge on any atom is -0.497 e. The van der Waals surface area contributed by atoms with Crippen molar-refractivity contribution in [3.63, 3.8) is 0 Å². The van der Waals surface area contributed by atoms with Crippen LogP contribution < -0.4 is 9.47 Å². The molecule has 3 aromatic carbocycles. The molecule has 4 aromatic rings. The molecular weight excluding hydrogens is 467 g/mol. The number of methoxy groups -OCH3 is 1. The molecule has 0 radical (unpaired) electrons. The molecule has 35 heavy (non-hydrogen) atoms. The van der Waals surface area contributed by atoms with Gasteiger partial charge < -0.3 is 9.47 Å². The van der Waals surface area contributed by atoms with Crippen LogP contribution in [0.5, 0.6) is 11.5 Å². The van der Waals surface area contributed by atoms with E-state index >= 15 is 0 Å². The molecule has 0 bridgehead atoms. The van der Waals surface area contributed by atoms with Crippen LogP contribution in [0.3, 0.4) is 0 Å². The second-order valence-corrected chi connectivity index (χ2v) is 9.81. The number of hydrogen-bond donors (Lipinski definition) is 0. The van der Waals surface area contributed by atoms with E-state index in [1.54, 1.807) is 54.9 Å². The maximum atomic E-state index is 13.5. The normalized spacial score (nSPS) is 11.4. The van der Waals surface area contributed by atoms with E-state index in [2.05, 4.69) is 4.98 Å². The molecule has 0 N–H and O–H groups in total. The lowest BCUT2D eigenvalue weighted by Crippen LogP contribution is -2.30. The van der Waals surface area contributed by atoms with Gasteiger partial charge in [-0.15, -0.1) is 0 Å². The van der Waals surface area contributed by atoms with Crippen LogP contribution in [-0.4, -0.2) is 24.8 Å². The fraction of sp³-hybridized carbons (Fsp3) is 0.148. The van der Waals surface area contributed by atoms with E-state index in [1.165, 1.54) is 35.7 Å². The molecule has 4 rings (SSSR count). The van der Waals surface area contributed by atoms with Crippen LogP contribution in [0.25, 0.3) is 0 Å². The number of nitrogens with zero attached hydrogens (tertiary/aromatic N) is 2. The summed E-state index contributed by atoms with van der Waals surface area (Å²) in [6.45, 7) is 0.644. The number of pyridine rings is 1. The fourth-order valence-electron chi connectivity index (χ4n) is 3.46. The van der Waals surface area contributed by atoms with Gasteiger partial charge in [-0.25, -0.2) is 12.8 Å². The Morgan fingerprint density at radius 3 is 2.06 bits per heavy atom. The summed E-state index contributed by atoms with van der Waals surface area (Å²) >= 11 is 0. The lowest BCUT2D eigenvalue weighted by atomic mass is 10.2. The van der Waals surface area contributed by atoms with E-state index in [4.69, 9.17) is 9.47 Å². The Balaban J connectivity index is 1.51. The zero-order chi connectivity index (χ0) is 24.7. The fourth-order valence-corrected chi connectivity index (χ4v) is 4.88. The van der Waals surface area contributed by atoms with E-state index in [0.29, 0.717) is 18.1 Å². The molecule has 1 aromatic heterocycles. The van der Waals surface area contributed by atoms with Crippen molar-refractivity contribution in [3.8, 4) is 11.5 Å². The standard InChI is InChI=1S/C27H25FN2O4S/c1-33-25-12-14-27(15-13-25)35(31,32)30(19-23-3-2-16-29-17-23)18-21-6-10-26(11-7-21)34-20-22-4-8-24(28)9-5-22/h2-17H,18-20H2,1H3. The largest absolute Gasteiger partial charge is 0.497 e. The summed E-state index contributed by atoms with van der Waals surface area (Å²) in [5.41, 5.74) is 2.44. The number of ether oxygens (including phenoxy) is 2. The van der Waals surface area contributed by atoms with Crippen LogP contribution in [-0.2, 0) is 29.7 Å². The molecule has 0 fully saturated rings. The van der Waals surface area contributed by atoms with Gasteiger partial charge in [-0.05, 0) is 71.3 Å². The van der Waals surface area contributed by atoms with Crippen molar-refractivity contribution < 1.29 is 22.3 Å². The Labute approximate surface area is 204 Å². The van der Waals surface area contributed by atoms with Gasteiger partial charge in [0, 0.05) is 25.5 Å². The highest BCUT2D eigenvalue weighted by atomic mass is 32.2. The van der Waals surface area contributed by atoms with Gasteiger partial charge >= 0.3 is 0 Å². The first kappa shape index (κ1) is 24.4. The molecule has 0 saturated heterocycles. The minimum atomic E-state index is -3.79. The molecular formula is C27H25FN2O4S. The maximum Gasteiger partial charge on any atom is 0.243 e. The van der Waals surface area contributed by atoms with Crippen molar-refractivity contribution in [1.29, 1.82) is 0 Å². The van der Waals surface area contributed by atoms with Crippen molar-refractivity contribution in [1.82, 2.24) is 9.29 Å². The monoisotopic (exact) mass is 492 g/mol. The summed E-state index contributed by atoms with van der Waals surface area (Å²) in [5, 5.41) is 0. The molecule has 8 heteroatoms. The highest BCUT2D eigenvalue weighted by Gasteiger charge is 2.25. The molecule has 6 nitrogen and oxygen atoms in total. The maximum absolute atomic E-state index is 13.5. The van der Waals surface area contributed by atoms with Crippen LogP contribution in [0, 0.1) is 5.82 Å². The summed E-state index contributed by atoms with van der Waals surface area (Å²) in [4.78, 5) is 4.29. The van der Waals surface area contributed by atoms with Gasteiger partial charge in [-0.3, -0.25) is 4.98 Å². The Morgan fingerprint density at radius 2 is 1.43 bits per heavy atom. The van der Waals surface area contributed by atoms with Crippen molar-refractivity contribution >= 4 is 10.0 Å². The first-order chi connectivity index (χ1) is 16.9. The highest BCUT2D eigenvalue weighted by Crippen LogP contribution is 2.24. The molecule has 0 saturated carbocycles. The summed E-state index contributed by atoms with van der Waals surface area (Å²) in [6, 6.07) is 23.3. The highest BCUT2D eigenvalue weighted by molar-refractivity contribution is 7.89. The third kappa shape index (κ3) is 6.44. The van der Waals surface area contributed by atoms with E-state index in [0.717, 1.165) is 16.7 Å². The molecule has 1 heterocycles. The molecule has 0 unspecified atom stereocenters. The Kier molecular flexibility index (Phi) is 7.74. The van der Waals surface area contributed by atoms with Crippen LogP contribution in [0.1, 0.15) is 16.7 Å². The predicted molar refractivity (Wildman–Crippen MR) is 131 cm³/mol. The first-order valence-corrected chi connectivity index (χ1v) is 12.4. The average Bonchev–Trinajstić information content (AvgIpc) is 2.89. The van der Waals surface area contributed by atoms with Gasteiger partial charge in [0.05, 0.1) is 12.0 Å². The van der Waals surface area contributed by atoms with E-state index in [-0.39, 0.29) is 23.8 Å². The Hall–Kier alpha value is -3.75. The first-order valence-electron chi connectivity index (χ1n) is 10.9. The number of benzene rings is 3. The predicted octanol–water partition coefficient (Wildman–Crippen LogP) is 5.20. The van der Waals surface area contributed by atoms with E-state index < -0.39 is 10.0 Å². The molecule has 0 aliphatic carbocycles. The second-order valence-electron chi connectivity index (χ2n) is 7.87. The zero-order valence-corrected chi connectivity index (χ0v) is 20.0. The minimum absolute atomic E-state index is 0.168. The lowest BCUT2D eigenvalue weighted by molar-refractivity contribution is 0.306. The van der Waals surface area contributed by atoms with Crippen molar-refractivity contribution in [3.05, 3.63) is 120 Å². The van der Waals surface area contributed by atoms with Gasteiger partial charge in [-0.1, -0.05) is 30.3 Å². The average molecular weight is 493 g/mol. The molecule has 0 spiro atoms. The van der Waals surface area contributed by atoms with Gasteiger partial charge in [0.2, 0.25) is 10.0 Å². The Morgan fingerprint density at radius 1 is 0.800 bits per heavy atom. The summed E-state index contributed by atoms with van der Waals surface area (Å²) in [7, 11) is -2.26. The van der Waals surface area contributed by atoms with Gasteiger partial charge in [0.1, 0.15) is 23.9 Å². The van der Waals surface area contributed by atoms with E-state index in [1.807, 2.05) is 18.2 Å². The summed E-state index contributed by atoms with van der Waals surface area (Å²) in [5.74, 6) is 0.924. The summed E-state index contributed by atoms with van der Waals surface area (Å²) < 4.78 is 52.4. The molecule has 0 atom stereocenters. The summed E-state index contributed by atoms with van der Waals surface area (Å²) in [6.07, 6.45) is 3.30. The number of rotatable bonds is 10. The van der Waals surface area contributed by atoms with E-state index in [9.17, 15) is 12.8 Å². The molecule has 180 valence electrons. The SMILES string of the molecule is COc1ccc(S(=O)(=O)N(Cc2ccc(OCc3ccc(F)cc3)cc2)Cc2cccnc2)cc1. The van der Waals surface area contributed by atoms with Gasteiger partial charge in [0.25, 0.3) is 0 Å². The molecule has 0 amide bonds. The van der Waals surface area contributed by atoms with Crippen LogP contribution in [0.2, 0.25) is 0 Å². The quantitative estimate of drug-likeness (QED) is 0.304. The number of aromatic nitrogens is 1. The third-order valence-electron chi connectivity index (χ3n) is 5.38. The topological polar surface area (TPSA) is 68.7 Å². The number of sulfonamides is 1. The smallest absolute Gasteiger partial charge is 0.243 e. The molecule has 0 aliphatic rings. The number of halogens is 1. The van der Waals surface area contributed by atoms with Crippen LogP contribution >= 0.6 is 0 Å². The lowest BCUT2D eigenvalue weighted by Gasteiger charge is -2.23. The zero-order valence-electron chi connectivity index (χ0n) is 19.2. The van der Waals surface area contributed by atoms with Gasteiger partial charge in [-0.2, -0.15) is 4.31 Å². The van der Waals surface area contributed by atoms with Crippen LogP contribution in [0.15, 0.2) is 102 Å². The third-order valence-corrected chi connectivity index (χ3v) is 7.19. The van der Waals surface area contributed by atoms with Gasteiger partial charge in [0.15, 0.2) is 0 Å². The second kappa shape index (κ2) is 11.1. The van der Waals surface area contributed by atoms with Crippen molar-refractivity contribution in [2.45, 2.75) is 24.6 Å². The molecule has 0 aliphatic heterocycles. The van der Waals surface area contributed by atoms with Crippen molar-refractivity contribution in [2.75, 3.05) is 7.11 Å². The Bertz CT molecular complexity index is 1330. The number of hydrogen-bond acceptors (Lipinski definition) is 5.